The summed E-state index contributed by atoms with van der Waals surface area (Å²) in [5, 5.41) is 0. The molecule has 0 spiro atoms. The average molecular weight is 256 g/mol. The zero-order valence-electron chi connectivity index (χ0n) is 10.1. The Morgan fingerprint density at radius 2 is 1.88 bits per heavy atom. The summed E-state index contributed by atoms with van der Waals surface area (Å²) in [7, 11) is -2.75. The van der Waals surface area contributed by atoms with Crippen LogP contribution in [-0.4, -0.2) is 35.5 Å². The molecule has 5 nitrogen and oxygen atoms in total. The topological polar surface area (TPSA) is 45.5 Å². The van der Waals surface area contributed by atoms with Crippen molar-refractivity contribution < 1.29 is 13.5 Å². The molecule has 1 unspecified atom stereocenters. The number of nitrogens with zero attached hydrogens (tertiary/aromatic N) is 2. The molecular weight excluding hydrogens is 239 g/mol. The molecule has 0 saturated carbocycles. The number of rotatable bonds is 5. The Hall–Kier alpha value is -0.610. The molecule has 2 fully saturated rings. The Balaban J connectivity index is 1.74. The number of aryl methyl sites for hydroxylation is 1. The summed E-state index contributed by atoms with van der Waals surface area (Å²) in [6.07, 6.45) is -0.268. The predicted octanol–water partition coefficient (Wildman–Crippen LogP) is 2.40. The van der Waals surface area contributed by atoms with Crippen molar-refractivity contribution in [3.8, 4) is 0 Å². The van der Waals surface area contributed by atoms with Crippen LogP contribution >= 0.6 is 7.67 Å². The molecule has 0 bridgehead atoms. The van der Waals surface area contributed by atoms with Crippen molar-refractivity contribution in [2.75, 3.05) is 26.2 Å². The summed E-state index contributed by atoms with van der Waals surface area (Å²) in [6, 6.07) is 3.78. The Kier molecular flexibility index (Phi) is 2.67. The first kappa shape index (κ1) is 11.5. The Labute approximate surface area is 101 Å². The summed E-state index contributed by atoms with van der Waals surface area (Å²) in [6.45, 7) is 7.27. The second kappa shape index (κ2) is 3.95. The van der Waals surface area contributed by atoms with Crippen LogP contribution in [0.2, 0.25) is 0 Å². The fourth-order valence-corrected chi connectivity index (χ4v) is 4.17. The van der Waals surface area contributed by atoms with Gasteiger partial charge in [0.05, 0.1) is 0 Å². The minimum Gasteiger partial charge on any atom is -0.464 e. The molecule has 1 atom stereocenters. The van der Waals surface area contributed by atoms with E-state index in [-0.39, 0.29) is 6.10 Å². The van der Waals surface area contributed by atoms with E-state index >= 15 is 0 Å². The van der Waals surface area contributed by atoms with Gasteiger partial charge in [-0.05, 0) is 26.0 Å². The molecule has 17 heavy (non-hydrogen) atoms. The summed E-state index contributed by atoms with van der Waals surface area (Å²) in [5.41, 5.74) is 0. The SMILES string of the molecule is Cc1ccc(C(C)OP(=O)(N2CC2)N2CC2)o1. The fourth-order valence-electron chi connectivity index (χ4n) is 1.84. The molecule has 2 saturated heterocycles. The Morgan fingerprint density at radius 3 is 2.29 bits per heavy atom. The average Bonchev–Trinajstić information content (AvgIpc) is 3.14. The van der Waals surface area contributed by atoms with E-state index in [9.17, 15) is 4.57 Å². The van der Waals surface area contributed by atoms with Gasteiger partial charge in [-0.25, -0.2) is 9.34 Å². The lowest BCUT2D eigenvalue weighted by molar-refractivity contribution is 0.173. The highest BCUT2D eigenvalue weighted by molar-refractivity contribution is 7.54. The van der Waals surface area contributed by atoms with Gasteiger partial charge in [-0.1, -0.05) is 0 Å². The van der Waals surface area contributed by atoms with Crippen LogP contribution in [0.25, 0.3) is 0 Å². The van der Waals surface area contributed by atoms with Crippen LogP contribution in [0.15, 0.2) is 16.5 Å². The summed E-state index contributed by atoms with van der Waals surface area (Å²) in [4.78, 5) is 0. The van der Waals surface area contributed by atoms with E-state index in [0.29, 0.717) is 0 Å². The van der Waals surface area contributed by atoms with Gasteiger partial charge in [0.2, 0.25) is 0 Å². The van der Waals surface area contributed by atoms with Crippen molar-refractivity contribution in [3.63, 3.8) is 0 Å². The predicted molar refractivity (Wildman–Crippen MR) is 63.7 cm³/mol. The molecule has 0 N–H and O–H groups in total. The third-order valence-corrected chi connectivity index (χ3v) is 5.84. The van der Waals surface area contributed by atoms with Gasteiger partial charge in [0.1, 0.15) is 17.6 Å². The second-order valence-electron chi connectivity index (χ2n) is 4.59. The molecule has 0 aromatic carbocycles. The van der Waals surface area contributed by atoms with Gasteiger partial charge in [-0.2, -0.15) is 0 Å². The summed E-state index contributed by atoms with van der Waals surface area (Å²) >= 11 is 0. The molecular formula is C11H17N2O3P. The standard InChI is InChI=1S/C11H17N2O3P/c1-9-3-4-11(15-9)10(2)16-17(14,12-5-6-12)13-7-8-13/h3-4,10H,5-8H2,1-2H3. The highest BCUT2D eigenvalue weighted by atomic mass is 31.2. The van der Waals surface area contributed by atoms with Crippen molar-refractivity contribution in [1.82, 2.24) is 9.34 Å². The third kappa shape index (κ3) is 2.20. The minimum absolute atomic E-state index is 0.268. The van der Waals surface area contributed by atoms with E-state index in [2.05, 4.69) is 0 Å². The molecule has 1 aromatic rings. The van der Waals surface area contributed by atoms with E-state index in [1.807, 2.05) is 35.3 Å². The van der Waals surface area contributed by atoms with E-state index in [4.69, 9.17) is 8.94 Å². The van der Waals surface area contributed by atoms with E-state index in [1.54, 1.807) is 0 Å². The molecule has 0 aliphatic carbocycles. The van der Waals surface area contributed by atoms with Gasteiger partial charge in [0, 0.05) is 26.2 Å². The van der Waals surface area contributed by atoms with Gasteiger partial charge in [-0.3, -0.25) is 9.09 Å². The lowest BCUT2D eigenvalue weighted by atomic mass is 10.3. The largest absolute Gasteiger partial charge is 0.464 e. The van der Waals surface area contributed by atoms with Gasteiger partial charge >= 0.3 is 7.67 Å². The molecule has 0 radical (unpaired) electrons. The Bertz CT molecular complexity index is 449. The van der Waals surface area contributed by atoms with Crippen LogP contribution in [0.3, 0.4) is 0 Å². The fraction of sp³-hybridized carbons (Fsp3) is 0.636. The third-order valence-electron chi connectivity index (χ3n) is 3.02. The van der Waals surface area contributed by atoms with Crippen molar-refractivity contribution in [2.45, 2.75) is 20.0 Å². The monoisotopic (exact) mass is 256 g/mol. The van der Waals surface area contributed by atoms with Crippen molar-refractivity contribution >= 4 is 7.67 Å². The molecule has 1 aromatic heterocycles. The highest BCUT2D eigenvalue weighted by Crippen LogP contribution is 2.63. The Morgan fingerprint density at radius 1 is 1.29 bits per heavy atom. The zero-order valence-corrected chi connectivity index (χ0v) is 11.0. The van der Waals surface area contributed by atoms with Gasteiger partial charge < -0.3 is 4.42 Å². The maximum absolute atomic E-state index is 12.7. The van der Waals surface area contributed by atoms with Crippen LogP contribution in [0.1, 0.15) is 24.5 Å². The molecule has 2 aliphatic heterocycles. The van der Waals surface area contributed by atoms with Crippen LogP contribution in [-0.2, 0) is 9.09 Å². The summed E-state index contributed by atoms with van der Waals surface area (Å²) in [5.74, 6) is 1.59. The second-order valence-corrected chi connectivity index (χ2v) is 6.92. The molecule has 3 rings (SSSR count). The summed E-state index contributed by atoms with van der Waals surface area (Å²) < 4.78 is 27.8. The van der Waals surface area contributed by atoms with Crippen LogP contribution in [0, 0.1) is 6.92 Å². The number of furan rings is 1. The van der Waals surface area contributed by atoms with Crippen LogP contribution in [0.4, 0.5) is 0 Å². The number of hydrogen-bond acceptors (Lipinski definition) is 3. The van der Waals surface area contributed by atoms with Crippen LogP contribution < -0.4 is 0 Å². The smallest absolute Gasteiger partial charge is 0.346 e. The first-order chi connectivity index (χ1) is 8.09. The lowest BCUT2D eigenvalue weighted by Crippen LogP contribution is -2.10. The first-order valence-corrected chi connectivity index (χ1v) is 7.48. The van der Waals surface area contributed by atoms with Crippen LogP contribution in [0.5, 0.6) is 0 Å². The quantitative estimate of drug-likeness (QED) is 0.598. The van der Waals surface area contributed by atoms with Crippen molar-refractivity contribution in [1.29, 1.82) is 0 Å². The van der Waals surface area contributed by atoms with Crippen molar-refractivity contribution in [3.05, 3.63) is 23.7 Å². The number of hydrogen-bond donors (Lipinski definition) is 0. The van der Waals surface area contributed by atoms with Gasteiger partial charge in [0.25, 0.3) is 0 Å². The molecule has 6 heteroatoms. The van der Waals surface area contributed by atoms with Gasteiger partial charge in [-0.15, -0.1) is 0 Å². The zero-order chi connectivity index (χ0) is 12.0. The normalized spacial score (nSPS) is 22.7. The minimum atomic E-state index is -2.75. The lowest BCUT2D eigenvalue weighted by Gasteiger charge is -2.22. The molecule has 0 amide bonds. The van der Waals surface area contributed by atoms with E-state index in [1.165, 1.54) is 0 Å². The van der Waals surface area contributed by atoms with Gasteiger partial charge in [0.15, 0.2) is 0 Å². The van der Waals surface area contributed by atoms with E-state index in [0.717, 1.165) is 37.7 Å². The van der Waals surface area contributed by atoms with Crippen molar-refractivity contribution in [2.24, 2.45) is 0 Å². The maximum atomic E-state index is 12.7. The maximum Gasteiger partial charge on any atom is 0.346 e. The molecule has 3 heterocycles. The molecule has 2 aliphatic rings. The van der Waals surface area contributed by atoms with E-state index < -0.39 is 7.67 Å². The first-order valence-electron chi connectivity index (χ1n) is 5.95. The molecule has 94 valence electrons. The highest BCUT2D eigenvalue weighted by Gasteiger charge is 2.50.